The Balaban J connectivity index is 2.61. The van der Waals surface area contributed by atoms with Crippen LogP contribution in [-0.4, -0.2) is 26.2 Å². The Hall–Kier alpha value is -1.13. The highest BCUT2D eigenvalue weighted by Gasteiger charge is 2.09. The zero-order valence-corrected chi connectivity index (χ0v) is 8.28. The molecule has 14 heavy (non-hydrogen) atoms. The summed E-state index contributed by atoms with van der Waals surface area (Å²) >= 11 is 5.75. The largest absolute Gasteiger partial charge is 0.395 e. The molecule has 0 unspecified atom stereocenters. The van der Waals surface area contributed by atoms with Gasteiger partial charge in [0.05, 0.1) is 12.5 Å². The SMILES string of the molecule is OCCn1c(CCl)nc2cccnc21. The minimum Gasteiger partial charge on any atom is -0.395 e. The van der Waals surface area contributed by atoms with Crippen molar-refractivity contribution < 1.29 is 5.11 Å². The van der Waals surface area contributed by atoms with E-state index in [1.165, 1.54) is 0 Å². The number of pyridine rings is 1. The number of aliphatic hydroxyl groups is 1. The molecular weight excluding hydrogens is 202 g/mol. The second-order valence-corrected chi connectivity index (χ2v) is 3.15. The summed E-state index contributed by atoms with van der Waals surface area (Å²) in [6.07, 6.45) is 1.70. The summed E-state index contributed by atoms with van der Waals surface area (Å²) in [7, 11) is 0. The van der Waals surface area contributed by atoms with E-state index in [0.717, 1.165) is 17.0 Å². The number of aliphatic hydroxyl groups excluding tert-OH is 1. The molecule has 2 aromatic rings. The third-order valence-corrected chi connectivity index (χ3v) is 2.27. The van der Waals surface area contributed by atoms with Crippen LogP contribution in [0.1, 0.15) is 5.82 Å². The molecule has 0 saturated carbocycles. The van der Waals surface area contributed by atoms with E-state index < -0.39 is 0 Å². The van der Waals surface area contributed by atoms with Gasteiger partial charge in [0, 0.05) is 12.7 Å². The number of halogens is 1. The van der Waals surface area contributed by atoms with Crippen LogP contribution in [-0.2, 0) is 12.4 Å². The van der Waals surface area contributed by atoms with E-state index in [0.29, 0.717) is 12.4 Å². The molecular formula is C9H10ClN3O. The summed E-state index contributed by atoms with van der Waals surface area (Å²) in [5, 5.41) is 8.90. The highest BCUT2D eigenvalue weighted by atomic mass is 35.5. The Bertz CT molecular complexity index is 441. The Morgan fingerprint density at radius 2 is 2.36 bits per heavy atom. The fourth-order valence-electron chi connectivity index (χ4n) is 1.44. The molecule has 0 amide bonds. The van der Waals surface area contributed by atoms with Crippen molar-refractivity contribution in [2.24, 2.45) is 0 Å². The summed E-state index contributed by atoms with van der Waals surface area (Å²) in [5.41, 5.74) is 1.59. The molecule has 4 nitrogen and oxygen atoms in total. The van der Waals surface area contributed by atoms with Crippen molar-refractivity contribution in [1.29, 1.82) is 0 Å². The van der Waals surface area contributed by atoms with Crippen molar-refractivity contribution in [2.75, 3.05) is 6.61 Å². The van der Waals surface area contributed by atoms with Crippen LogP contribution >= 0.6 is 11.6 Å². The molecule has 74 valence electrons. The Labute approximate surface area is 86.2 Å². The van der Waals surface area contributed by atoms with Gasteiger partial charge in [-0.1, -0.05) is 0 Å². The summed E-state index contributed by atoms with van der Waals surface area (Å²) in [6, 6.07) is 3.71. The normalized spacial score (nSPS) is 11.0. The molecule has 0 aliphatic rings. The van der Waals surface area contributed by atoms with Crippen molar-refractivity contribution in [2.45, 2.75) is 12.4 Å². The van der Waals surface area contributed by atoms with Crippen molar-refractivity contribution in [3.8, 4) is 0 Å². The van der Waals surface area contributed by atoms with Crippen LogP contribution in [0.25, 0.3) is 11.2 Å². The number of hydrogen-bond acceptors (Lipinski definition) is 3. The van der Waals surface area contributed by atoms with Crippen molar-refractivity contribution >= 4 is 22.8 Å². The molecule has 2 rings (SSSR count). The molecule has 2 aromatic heterocycles. The smallest absolute Gasteiger partial charge is 0.160 e. The third kappa shape index (κ3) is 1.47. The maximum absolute atomic E-state index is 8.90. The summed E-state index contributed by atoms with van der Waals surface area (Å²) in [6.45, 7) is 0.543. The first-order valence-corrected chi connectivity index (χ1v) is 4.87. The first kappa shape index (κ1) is 9.43. The minimum atomic E-state index is 0.0614. The van der Waals surface area contributed by atoms with Gasteiger partial charge in [-0.15, -0.1) is 11.6 Å². The van der Waals surface area contributed by atoms with Gasteiger partial charge in [-0.2, -0.15) is 0 Å². The Morgan fingerprint density at radius 3 is 3.07 bits per heavy atom. The zero-order valence-electron chi connectivity index (χ0n) is 7.52. The van der Waals surface area contributed by atoms with Crippen LogP contribution in [0, 0.1) is 0 Å². The van der Waals surface area contributed by atoms with Crippen LogP contribution in [0.15, 0.2) is 18.3 Å². The maximum atomic E-state index is 8.90. The van der Waals surface area contributed by atoms with Crippen molar-refractivity contribution in [3.63, 3.8) is 0 Å². The van der Waals surface area contributed by atoms with Gasteiger partial charge in [-0.05, 0) is 12.1 Å². The van der Waals surface area contributed by atoms with Gasteiger partial charge in [-0.3, -0.25) is 0 Å². The van der Waals surface area contributed by atoms with Crippen LogP contribution in [0.2, 0.25) is 0 Å². The molecule has 0 aromatic carbocycles. The average Bonchev–Trinajstić information content (AvgIpc) is 2.58. The van der Waals surface area contributed by atoms with Gasteiger partial charge >= 0.3 is 0 Å². The predicted molar refractivity (Wildman–Crippen MR) is 54.2 cm³/mol. The Morgan fingerprint density at radius 1 is 1.50 bits per heavy atom. The van der Waals surface area contributed by atoms with E-state index in [1.54, 1.807) is 6.20 Å². The van der Waals surface area contributed by atoms with Gasteiger partial charge in [0.25, 0.3) is 0 Å². The fourth-order valence-corrected chi connectivity index (χ4v) is 1.65. The lowest BCUT2D eigenvalue weighted by atomic mass is 10.4. The monoisotopic (exact) mass is 211 g/mol. The van der Waals surface area contributed by atoms with Gasteiger partial charge in [0.15, 0.2) is 5.65 Å². The van der Waals surface area contributed by atoms with Gasteiger partial charge < -0.3 is 9.67 Å². The molecule has 0 atom stereocenters. The highest BCUT2D eigenvalue weighted by Crippen LogP contribution is 2.14. The van der Waals surface area contributed by atoms with Gasteiger partial charge in [-0.25, -0.2) is 9.97 Å². The second kappa shape index (κ2) is 3.94. The second-order valence-electron chi connectivity index (χ2n) is 2.88. The lowest BCUT2D eigenvalue weighted by Gasteiger charge is -2.02. The first-order valence-electron chi connectivity index (χ1n) is 4.33. The van der Waals surface area contributed by atoms with Gasteiger partial charge in [0.1, 0.15) is 11.3 Å². The standard InChI is InChI=1S/C9H10ClN3O/c10-6-8-12-7-2-1-3-11-9(7)13(8)4-5-14/h1-3,14H,4-6H2. The topological polar surface area (TPSA) is 50.9 Å². The van der Waals surface area contributed by atoms with Gasteiger partial charge in [0.2, 0.25) is 0 Å². The summed E-state index contributed by atoms with van der Waals surface area (Å²) in [4.78, 5) is 8.51. The molecule has 0 aliphatic heterocycles. The molecule has 0 bridgehead atoms. The molecule has 0 aliphatic carbocycles. The molecule has 0 saturated heterocycles. The van der Waals surface area contributed by atoms with E-state index in [9.17, 15) is 0 Å². The Kier molecular flexibility index (Phi) is 2.65. The quantitative estimate of drug-likeness (QED) is 0.776. The van der Waals surface area contributed by atoms with Crippen LogP contribution in [0.5, 0.6) is 0 Å². The molecule has 2 heterocycles. The number of rotatable bonds is 3. The molecule has 0 fully saturated rings. The van der Waals surface area contributed by atoms with Crippen molar-refractivity contribution in [1.82, 2.24) is 14.5 Å². The fraction of sp³-hybridized carbons (Fsp3) is 0.333. The molecule has 0 radical (unpaired) electrons. The van der Waals surface area contributed by atoms with E-state index in [-0.39, 0.29) is 6.61 Å². The summed E-state index contributed by atoms with van der Waals surface area (Å²) in [5.74, 6) is 1.07. The zero-order chi connectivity index (χ0) is 9.97. The third-order valence-electron chi connectivity index (χ3n) is 2.03. The van der Waals surface area contributed by atoms with E-state index in [4.69, 9.17) is 16.7 Å². The van der Waals surface area contributed by atoms with E-state index in [1.807, 2.05) is 16.7 Å². The molecule has 0 spiro atoms. The molecule has 5 heteroatoms. The number of hydrogen-bond donors (Lipinski definition) is 1. The average molecular weight is 212 g/mol. The molecule has 1 N–H and O–H groups in total. The maximum Gasteiger partial charge on any atom is 0.160 e. The number of fused-ring (bicyclic) bond motifs is 1. The lowest BCUT2D eigenvalue weighted by molar-refractivity contribution is 0.276. The number of alkyl halides is 1. The lowest BCUT2D eigenvalue weighted by Crippen LogP contribution is -2.06. The minimum absolute atomic E-state index is 0.0614. The summed E-state index contributed by atoms with van der Waals surface area (Å²) < 4.78 is 1.84. The number of imidazole rings is 1. The number of aromatic nitrogens is 3. The first-order chi connectivity index (χ1) is 6.86. The van der Waals surface area contributed by atoms with Crippen LogP contribution < -0.4 is 0 Å². The van der Waals surface area contributed by atoms with E-state index >= 15 is 0 Å². The van der Waals surface area contributed by atoms with Crippen molar-refractivity contribution in [3.05, 3.63) is 24.2 Å². The highest BCUT2D eigenvalue weighted by molar-refractivity contribution is 6.16. The van der Waals surface area contributed by atoms with E-state index in [2.05, 4.69) is 9.97 Å². The van der Waals surface area contributed by atoms with Crippen LogP contribution in [0.4, 0.5) is 0 Å². The predicted octanol–water partition coefficient (Wildman–Crippen LogP) is 1.16. The number of nitrogens with zero attached hydrogens (tertiary/aromatic N) is 3. The van der Waals surface area contributed by atoms with Crippen LogP contribution in [0.3, 0.4) is 0 Å².